The average Bonchev–Trinajstić information content (AvgIpc) is 3.13. The Morgan fingerprint density at radius 3 is 2.56 bits per heavy atom. The van der Waals surface area contributed by atoms with E-state index in [-0.39, 0.29) is 11.8 Å². The number of nitrogens with one attached hydrogen (secondary N) is 1. The first-order valence-corrected chi connectivity index (χ1v) is 9.39. The lowest BCUT2D eigenvalue weighted by molar-refractivity contribution is -0.117. The van der Waals surface area contributed by atoms with Gasteiger partial charge in [-0.05, 0) is 42.5 Å². The SMILES string of the molecule is Cc1cccc(NC(=O)CN2CCN(C(=O)c3ccsc3)CC2)c1C. The van der Waals surface area contributed by atoms with Crippen LogP contribution >= 0.6 is 11.3 Å². The molecule has 1 aromatic heterocycles. The van der Waals surface area contributed by atoms with Gasteiger partial charge in [0.2, 0.25) is 5.91 Å². The van der Waals surface area contributed by atoms with Crippen LogP contribution in [-0.4, -0.2) is 54.3 Å². The van der Waals surface area contributed by atoms with E-state index < -0.39 is 0 Å². The molecule has 2 heterocycles. The van der Waals surface area contributed by atoms with Crippen LogP contribution in [0.25, 0.3) is 0 Å². The van der Waals surface area contributed by atoms with Gasteiger partial charge in [-0.3, -0.25) is 14.5 Å². The number of thiophene rings is 1. The molecule has 1 N–H and O–H groups in total. The van der Waals surface area contributed by atoms with Gasteiger partial charge in [0.25, 0.3) is 5.91 Å². The van der Waals surface area contributed by atoms with Crippen LogP contribution in [0, 0.1) is 13.8 Å². The van der Waals surface area contributed by atoms with Crippen LogP contribution < -0.4 is 5.32 Å². The maximum atomic E-state index is 12.3. The van der Waals surface area contributed by atoms with Crippen LogP contribution in [0.4, 0.5) is 5.69 Å². The highest BCUT2D eigenvalue weighted by atomic mass is 32.1. The third kappa shape index (κ3) is 4.27. The number of hydrogen-bond donors (Lipinski definition) is 1. The number of anilines is 1. The molecule has 1 saturated heterocycles. The van der Waals surface area contributed by atoms with Gasteiger partial charge in [-0.2, -0.15) is 11.3 Å². The summed E-state index contributed by atoms with van der Waals surface area (Å²) in [6.07, 6.45) is 0. The van der Waals surface area contributed by atoms with Crippen molar-refractivity contribution in [1.29, 1.82) is 0 Å². The molecule has 25 heavy (non-hydrogen) atoms. The fraction of sp³-hybridized carbons (Fsp3) is 0.368. The Labute approximate surface area is 152 Å². The molecule has 5 nitrogen and oxygen atoms in total. The number of aryl methyl sites for hydroxylation is 1. The molecule has 2 amide bonds. The molecular weight excluding hydrogens is 334 g/mol. The maximum Gasteiger partial charge on any atom is 0.254 e. The van der Waals surface area contributed by atoms with E-state index in [0.29, 0.717) is 19.6 Å². The van der Waals surface area contributed by atoms with Gasteiger partial charge in [0.1, 0.15) is 0 Å². The van der Waals surface area contributed by atoms with Crippen molar-refractivity contribution in [2.75, 3.05) is 38.0 Å². The van der Waals surface area contributed by atoms with E-state index in [1.165, 1.54) is 16.9 Å². The van der Waals surface area contributed by atoms with E-state index in [1.54, 1.807) is 0 Å². The zero-order valence-corrected chi connectivity index (χ0v) is 15.4. The van der Waals surface area contributed by atoms with Gasteiger partial charge in [-0.1, -0.05) is 12.1 Å². The molecular formula is C19H23N3O2S. The number of carbonyl (C=O) groups excluding carboxylic acids is 2. The first-order chi connectivity index (χ1) is 12.0. The summed E-state index contributed by atoms with van der Waals surface area (Å²) in [5.41, 5.74) is 3.89. The molecule has 2 aromatic rings. The second-order valence-corrected chi connectivity index (χ2v) is 7.16. The Morgan fingerprint density at radius 1 is 1.12 bits per heavy atom. The largest absolute Gasteiger partial charge is 0.336 e. The van der Waals surface area contributed by atoms with Crippen molar-refractivity contribution in [2.24, 2.45) is 0 Å². The number of amides is 2. The standard InChI is InChI=1S/C19H23N3O2S/c1-14-4-3-5-17(15(14)2)20-18(23)12-21-7-9-22(10-8-21)19(24)16-6-11-25-13-16/h3-6,11,13H,7-10,12H2,1-2H3,(H,20,23). The summed E-state index contributed by atoms with van der Waals surface area (Å²) in [6, 6.07) is 7.77. The Hall–Kier alpha value is -2.18. The van der Waals surface area contributed by atoms with Crippen LogP contribution in [0.2, 0.25) is 0 Å². The quantitative estimate of drug-likeness (QED) is 0.915. The predicted octanol–water partition coefficient (Wildman–Crippen LogP) is 2.76. The molecule has 0 bridgehead atoms. The second-order valence-electron chi connectivity index (χ2n) is 6.38. The number of hydrogen-bond acceptors (Lipinski definition) is 4. The molecule has 0 saturated carbocycles. The van der Waals surface area contributed by atoms with E-state index in [9.17, 15) is 9.59 Å². The van der Waals surface area contributed by atoms with Crippen molar-refractivity contribution in [3.63, 3.8) is 0 Å². The van der Waals surface area contributed by atoms with Crippen LogP contribution in [0.15, 0.2) is 35.0 Å². The smallest absolute Gasteiger partial charge is 0.254 e. The summed E-state index contributed by atoms with van der Waals surface area (Å²) in [4.78, 5) is 28.6. The number of rotatable bonds is 4. The molecule has 0 unspecified atom stereocenters. The minimum absolute atomic E-state index is 0.00805. The minimum atomic E-state index is -0.00805. The Kier molecular flexibility index (Phi) is 5.50. The monoisotopic (exact) mass is 357 g/mol. The highest BCUT2D eigenvalue weighted by Gasteiger charge is 2.23. The molecule has 1 aromatic carbocycles. The second kappa shape index (κ2) is 7.80. The first-order valence-electron chi connectivity index (χ1n) is 8.44. The van der Waals surface area contributed by atoms with Gasteiger partial charge in [-0.25, -0.2) is 0 Å². The fourth-order valence-corrected chi connectivity index (χ4v) is 3.59. The fourth-order valence-electron chi connectivity index (χ4n) is 2.96. The highest BCUT2D eigenvalue weighted by Crippen LogP contribution is 2.18. The van der Waals surface area contributed by atoms with E-state index in [1.807, 2.05) is 53.8 Å². The van der Waals surface area contributed by atoms with Crippen molar-refractivity contribution in [3.05, 3.63) is 51.7 Å². The predicted molar refractivity (Wildman–Crippen MR) is 101 cm³/mol. The van der Waals surface area contributed by atoms with Crippen molar-refractivity contribution in [3.8, 4) is 0 Å². The lowest BCUT2D eigenvalue weighted by Gasteiger charge is -2.34. The molecule has 0 aliphatic carbocycles. The molecule has 0 atom stereocenters. The third-order valence-electron chi connectivity index (χ3n) is 4.67. The van der Waals surface area contributed by atoms with Crippen molar-refractivity contribution < 1.29 is 9.59 Å². The van der Waals surface area contributed by atoms with Crippen LogP contribution in [0.1, 0.15) is 21.5 Å². The summed E-state index contributed by atoms with van der Waals surface area (Å²) < 4.78 is 0. The van der Waals surface area contributed by atoms with Crippen molar-refractivity contribution in [2.45, 2.75) is 13.8 Å². The van der Waals surface area contributed by atoms with Gasteiger partial charge >= 0.3 is 0 Å². The summed E-state index contributed by atoms with van der Waals surface area (Å²) >= 11 is 1.53. The lowest BCUT2D eigenvalue weighted by Crippen LogP contribution is -2.50. The van der Waals surface area contributed by atoms with Gasteiger partial charge in [0.05, 0.1) is 12.1 Å². The van der Waals surface area contributed by atoms with Crippen LogP contribution in [-0.2, 0) is 4.79 Å². The van der Waals surface area contributed by atoms with E-state index in [4.69, 9.17) is 0 Å². The Morgan fingerprint density at radius 2 is 1.88 bits per heavy atom. The van der Waals surface area contributed by atoms with E-state index in [0.717, 1.165) is 29.9 Å². The zero-order valence-electron chi connectivity index (χ0n) is 14.6. The minimum Gasteiger partial charge on any atom is -0.336 e. The Balaban J connectivity index is 1.49. The van der Waals surface area contributed by atoms with Gasteiger partial charge in [0.15, 0.2) is 0 Å². The van der Waals surface area contributed by atoms with E-state index >= 15 is 0 Å². The first kappa shape index (κ1) is 17.6. The number of carbonyl (C=O) groups is 2. The van der Waals surface area contributed by atoms with Crippen LogP contribution in [0.3, 0.4) is 0 Å². The maximum absolute atomic E-state index is 12.3. The zero-order chi connectivity index (χ0) is 17.8. The lowest BCUT2D eigenvalue weighted by atomic mass is 10.1. The van der Waals surface area contributed by atoms with Gasteiger partial charge < -0.3 is 10.2 Å². The van der Waals surface area contributed by atoms with Crippen molar-refractivity contribution in [1.82, 2.24) is 9.80 Å². The molecule has 0 radical (unpaired) electrons. The van der Waals surface area contributed by atoms with Crippen LogP contribution in [0.5, 0.6) is 0 Å². The topological polar surface area (TPSA) is 52.7 Å². The summed E-state index contributed by atoms with van der Waals surface area (Å²) in [7, 11) is 0. The molecule has 6 heteroatoms. The Bertz CT molecular complexity index is 750. The number of piperazine rings is 1. The molecule has 1 aliphatic rings. The van der Waals surface area contributed by atoms with Crippen molar-refractivity contribution >= 4 is 28.8 Å². The van der Waals surface area contributed by atoms with Gasteiger partial charge in [-0.15, -0.1) is 0 Å². The normalized spacial score (nSPS) is 15.2. The third-order valence-corrected chi connectivity index (χ3v) is 5.36. The summed E-state index contributed by atoms with van der Waals surface area (Å²) in [6.45, 7) is 7.16. The summed E-state index contributed by atoms with van der Waals surface area (Å²) in [5.74, 6) is 0.0760. The number of benzene rings is 1. The van der Waals surface area contributed by atoms with Gasteiger partial charge in [0, 0.05) is 37.2 Å². The molecule has 132 valence electrons. The molecule has 0 spiro atoms. The summed E-state index contributed by atoms with van der Waals surface area (Å²) in [5, 5.41) is 6.79. The average molecular weight is 357 g/mol. The highest BCUT2D eigenvalue weighted by molar-refractivity contribution is 7.08. The molecule has 1 fully saturated rings. The molecule has 1 aliphatic heterocycles. The van der Waals surface area contributed by atoms with E-state index in [2.05, 4.69) is 10.2 Å². The number of nitrogens with zero attached hydrogens (tertiary/aromatic N) is 2. The molecule has 3 rings (SSSR count).